The molecule has 0 spiro atoms. The highest BCUT2D eigenvalue weighted by molar-refractivity contribution is 6.07. The van der Waals surface area contributed by atoms with Crippen molar-refractivity contribution in [2.24, 2.45) is 0 Å². The number of methoxy groups -OCH3 is 1. The highest BCUT2D eigenvalue weighted by Gasteiger charge is 2.36. The van der Waals surface area contributed by atoms with Gasteiger partial charge in [-0.15, -0.1) is 0 Å². The molecule has 0 saturated carbocycles. The van der Waals surface area contributed by atoms with Gasteiger partial charge >= 0.3 is 0 Å². The molecule has 3 aromatic rings. The number of benzene rings is 3. The van der Waals surface area contributed by atoms with Gasteiger partial charge in [0.05, 0.1) is 18.3 Å². The Kier molecular flexibility index (Phi) is 6.34. The molecule has 34 heavy (non-hydrogen) atoms. The molecule has 0 unspecified atom stereocenters. The number of allylic oxidation sites excluding steroid dienone is 1. The number of carbonyl (C=O) groups is 1. The molecule has 1 heterocycles. The maximum absolute atomic E-state index is 13.0. The number of hydrogen-bond acceptors (Lipinski definition) is 3. The maximum Gasteiger partial charge on any atom is 0.251 e. The smallest absolute Gasteiger partial charge is 0.251 e. The van der Waals surface area contributed by atoms with Crippen LogP contribution in [0, 0.1) is 6.92 Å². The summed E-state index contributed by atoms with van der Waals surface area (Å²) >= 11 is 0. The summed E-state index contributed by atoms with van der Waals surface area (Å²) in [4.78, 5) is 14.8. The van der Waals surface area contributed by atoms with E-state index in [-0.39, 0.29) is 5.91 Å². The van der Waals surface area contributed by atoms with Gasteiger partial charge in [-0.05, 0) is 75.2 Å². The largest absolute Gasteiger partial charge is 0.496 e. The van der Waals surface area contributed by atoms with Crippen molar-refractivity contribution in [2.45, 2.75) is 39.8 Å². The minimum atomic E-state index is -0.484. The van der Waals surface area contributed by atoms with Gasteiger partial charge in [0.15, 0.2) is 0 Å². The fraction of sp³-hybridized carbons (Fsp3) is 0.233. The molecule has 0 aromatic heterocycles. The predicted octanol–water partition coefficient (Wildman–Crippen LogP) is 6.96. The third kappa shape index (κ3) is 4.24. The van der Waals surface area contributed by atoms with E-state index in [4.69, 9.17) is 9.47 Å². The molecule has 1 aliphatic heterocycles. The number of fused-ring (bicyclic) bond motifs is 1. The topological polar surface area (TPSA) is 38.8 Å². The first-order valence-corrected chi connectivity index (χ1v) is 11.4. The van der Waals surface area contributed by atoms with E-state index in [2.05, 4.69) is 38.6 Å². The number of para-hydroxylation sites is 1. The first-order valence-electron chi connectivity index (χ1n) is 11.4. The molecule has 0 aliphatic carbocycles. The van der Waals surface area contributed by atoms with Crippen LogP contribution < -0.4 is 14.4 Å². The third-order valence-electron chi connectivity index (χ3n) is 6.24. The molecule has 3 aromatic carbocycles. The molecule has 0 saturated heterocycles. The molecule has 0 fully saturated rings. The van der Waals surface area contributed by atoms with E-state index < -0.39 is 5.54 Å². The summed E-state index contributed by atoms with van der Waals surface area (Å²) in [7, 11) is 1.69. The predicted molar refractivity (Wildman–Crippen MR) is 139 cm³/mol. The lowest BCUT2D eigenvalue weighted by Crippen LogP contribution is -2.48. The Morgan fingerprint density at radius 1 is 1.03 bits per heavy atom. The van der Waals surface area contributed by atoms with Gasteiger partial charge in [0.1, 0.15) is 18.1 Å². The van der Waals surface area contributed by atoms with Crippen LogP contribution in [-0.2, 0) is 11.4 Å². The molecule has 4 heteroatoms. The molecule has 0 atom stereocenters. The quantitative estimate of drug-likeness (QED) is 0.379. The van der Waals surface area contributed by atoms with E-state index in [1.165, 1.54) is 6.08 Å². The summed E-state index contributed by atoms with van der Waals surface area (Å²) < 4.78 is 12.0. The lowest BCUT2D eigenvalue weighted by atomic mass is 9.83. The number of anilines is 1. The summed E-state index contributed by atoms with van der Waals surface area (Å²) in [6, 6.07) is 20.0. The monoisotopic (exact) mass is 453 g/mol. The number of carbonyl (C=O) groups excluding carboxylic acids is 1. The number of aryl methyl sites for hydroxylation is 1. The normalized spacial score (nSPS) is 14.1. The van der Waals surface area contributed by atoms with Crippen LogP contribution in [0.2, 0.25) is 0 Å². The van der Waals surface area contributed by atoms with E-state index in [0.29, 0.717) is 6.61 Å². The Hall–Kier alpha value is -3.79. The van der Waals surface area contributed by atoms with Crippen LogP contribution in [0.4, 0.5) is 5.69 Å². The fourth-order valence-electron chi connectivity index (χ4n) is 4.84. The van der Waals surface area contributed by atoms with E-state index in [0.717, 1.165) is 50.6 Å². The van der Waals surface area contributed by atoms with E-state index in [1.807, 2.05) is 67.3 Å². The first kappa shape index (κ1) is 23.4. The number of nitrogens with zero attached hydrogens (tertiary/aromatic N) is 1. The van der Waals surface area contributed by atoms with Crippen LogP contribution in [0.3, 0.4) is 0 Å². The van der Waals surface area contributed by atoms with Gasteiger partial charge in [-0.25, -0.2) is 0 Å². The number of ether oxygens (including phenoxy) is 2. The summed E-state index contributed by atoms with van der Waals surface area (Å²) in [5, 5.41) is 0. The second-order valence-electron chi connectivity index (χ2n) is 9.15. The standard InChI is InChI=1S/C30H31NO3/c1-7-28(32)31-26-15-14-23(24-17-20(2)13-16-27(24)33-6)25(19-34-22-11-9-8-10-12-22)29(26)21(3)18-30(31,4)5/h7-18H,1,19H2,2-6H3. The van der Waals surface area contributed by atoms with Crippen molar-refractivity contribution in [3.8, 4) is 22.6 Å². The fourth-order valence-corrected chi connectivity index (χ4v) is 4.84. The minimum absolute atomic E-state index is 0.134. The molecule has 1 aliphatic rings. The third-order valence-corrected chi connectivity index (χ3v) is 6.24. The van der Waals surface area contributed by atoms with Gasteiger partial charge in [-0.2, -0.15) is 0 Å². The van der Waals surface area contributed by atoms with E-state index in [1.54, 1.807) is 7.11 Å². The Morgan fingerprint density at radius 3 is 2.44 bits per heavy atom. The molecule has 0 radical (unpaired) electrons. The Morgan fingerprint density at radius 2 is 1.76 bits per heavy atom. The highest BCUT2D eigenvalue weighted by Crippen LogP contribution is 2.45. The lowest BCUT2D eigenvalue weighted by Gasteiger charge is -2.42. The summed E-state index contributed by atoms with van der Waals surface area (Å²) in [5.74, 6) is 1.45. The molecule has 4 rings (SSSR count). The molecular formula is C30H31NO3. The summed E-state index contributed by atoms with van der Waals surface area (Å²) in [6.07, 6.45) is 3.51. The molecule has 0 N–H and O–H groups in total. The van der Waals surface area contributed by atoms with Gasteiger partial charge < -0.3 is 9.47 Å². The summed E-state index contributed by atoms with van der Waals surface area (Å²) in [5.41, 5.74) is 6.65. The maximum atomic E-state index is 13.0. The number of rotatable bonds is 6. The van der Waals surface area contributed by atoms with Crippen molar-refractivity contribution in [2.75, 3.05) is 12.0 Å². The van der Waals surface area contributed by atoms with Gasteiger partial charge in [0.25, 0.3) is 5.91 Å². The average molecular weight is 454 g/mol. The van der Waals surface area contributed by atoms with E-state index in [9.17, 15) is 4.79 Å². The zero-order valence-electron chi connectivity index (χ0n) is 20.5. The van der Waals surface area contributed by atoms with Crippen LogP contribution in [0.1, 0.15) is 37.5 Å². The van der Waals surface area contributed by atoms with Gasteiger partial charge in [0, 0.05) is 16.7 Å². The minimum Gasteiger partial charge on any atom is -0.496 e. The molecule has 0 bridgehead atoms. The van der Waals surface area contributed by atoms with Crippen molar-refractivity contribution in [3.05, 3.63) is 96.1 Å². The Bertz CT molecular complexity index is 1270. The Labute approximate surface area is 202 Å². The zero-order chi connectivity index (χ0) is 24.5. The van der Waals surface area contributed by atoms with E-state index >= 15 is 0 Å². The molecular weight excluding hydrogens is 422 g/mol. The van der Waals surface area contributed by atoms with Crippen molar-refractivity contribution >= 4 is 17.2 Å². The SMILES string of the molecule is C=CC(=O)N1c2ccc(-c3cc(C)ccc3OC)c(COc3ccccc3)c2C(C)=CC1(C)C. The number of hydrogen-bond donors (Lipinski definition) is 0. The second-order valence-corrected chi connectivity index (χ2v) is 9.15. The van der Waals surface area contributed by atoms with Gasteiger partial charge in [-0.1, -0.05) is 48.6 Å². The Balaban J connectivity index is 1.97. The second kappa shape index (κ2) is 9.22. The average Bonchev–Trinajstić information content (AvgIpc) is 2.82. The van der Waals surface area contributed by atoms with Crippen LogP contribution in [0.5, 0.6) is 11.5 Å². The van der Waals surface area contributed by atoms with Crippen molar-refractivity contribution in [1.29, 1.82) is 0 Å². The van der Waals surface area contributed by atoms with Crippen LogP contribution >= 0.6 is 0 Å². The number of amides is 1. The van der Waals surface area contributed by atoms with Gasteiger partial charge in [0.2, 0.25) is 0 Å². The zero-order valence-corrected chi connectivity index (χ0v) is 20.5. The molecule has 174 valence electrons. The molecule has 4 nitrogen and oxygen atoms in total. The van der Waals surface area contributed by atoms with Gasteiger partial charge in [-0.3, -0.25) is 9.69 Å². The van der Waals surface area contributed by atoms with Crippen molar-refractivity contribution < 1.29 is 14.3 Å². The van der Waals surface area contributed by atoms with Crippen LogP contribution in [0.15, 0.2) is 79.4 Å². The first-order chi connectivity index (χ1) is 16.3. The highest BCUT2D eigenvalue weighted by atomic mass is 16.5. The van der Waals surface area contributed by atoms with Crippen molar-refractivity contribution in [1.82, 2.24) is 0 Å². The molecule has 1 amide bonds. The summed E-state index contributed by atoms with van der Waals surface area (Å²) in [6.45, 7) is 12.3. The van der Waals surface area contributed by atoms with Crippen LogP contribution in [-0.4, -0.2) is 18.6 Å². The van der Waals surface area contributed by atoms with Crippen LogP contribution in [0.25, 0.3) is 16.7 Å². The van der Waals surface area contributed by atoms with Crippen molar-refractivity contribution in [3.63, 3.8) is 0 Å². The lowest BCUT2D eigenvalue weighted by molar-refractivity contribution is -0.114.